The van der Waals surface area contributed by atoms with Crippen molar-refractivity contribution < 1.29 is 14.5 Å². The van der Waals surface area contributed by atoms with E-state index in [0.29, 0.717) is 5.92 Å². The van der Waals surface area contributed by atoms with Crippen LogP contribution in [0.15, 0.2) is 24.3 Å². The molecular weight excluding hydrogens is 382 g/mol. The van der Waals surface area contributed by atoms with Crippen molar-refractivity contribution in [2.75, 3.05) is 37.6 Å². The number of nitrogens with zero attached hydrogens (tertiary/aromatic N) is 3. The maximum atomic E-state index is 12.3. The molecule has 0 atom stereocenters. The second kappa shape index (κ2) is 9.77. The maximum Gasteiger partial charge on any atom is 0.309 e. The van der Waals surface area contributed by atoms with E-state index in [1.165, 1.54) is 6.42 Å². The van der Waals surface area contributed by atoms with Gasteiger partial charge in [0.05, 0.1) is 10.8 Å². The fourth-order valence-corrected chi connectivity index (χ4v) is 4.45. The standard InChI is InChI=1S/C23H35N3O4/c1-23(2,3)30-22(27)19-6-4-18(5-7-19)12-13-24-14-16-25(17-15-24)20-8-10-21(11-9-20)26(28)29/h8-11,18-19H,4-7,12-17H2,1-3H3. The average Bonchev–Trinajstić information content (AvgIpc) is 2.72. The van der Waals surface area contributed by atoms with Gasteiger partial charge in [-0.15, -0.1) is 0 Å². The monoisotopic (exact) mass is 417 g/mol. The highest BCUT2D eigenvalue weighted by Gasteiger charge is 2.30. The van der Waals surface area contributed by atoms with Crippen molar-refractivity contribution in [3.8, 4) is 0 Å². The molecule has 1 aliphatic carbocycles. The highest BCUT2D eigenvalue weighted by molar-refractivity contribution is 5.72. The first kappa shape index (κ1) is 22.5. The third-order valence-electron chi connectivity index (χ3n) is 6.24. The first-order chi connectivity index (χ1) is 14.2. The molecule has 2 fully saturated rings. The van der Waals surface area contributed by atoms with Crippen LogP contribution in [0.3, 0.4) is 0 Å². The Balaban J connectivity index is 1.35. The van der Waals surface area contributed by atoms with E-state index in [1.54, 1.807) is 12.1 Å². The summed E-state index contributed by atoms with van der Waals surface area (Å²) in [6.07, 6.45) is 5.33. The first-order valence-electron chi connectivity index (χ1n) is 11.2. The van der Waals surface area contributed by atoms with E-state index in [2.05, 4.69) is 9.80 Å². The van der Waals surface area contributed by atoms with Gasteiger partial charge in [-0.05, 0) is 77.5 Å². The van der Waals surface area contributed by atoms with Crippen molar-refractivity contribution in [3.63, 3.8) is 0 Å². The summed E-state index contributed by atoms with van der Waals surface area (Å²) >= 11 is 0. The molecule has 1 aliphatic heterocycles. The van der Waals surface area contributed by atoms with E-state index in [0.717, 1.165) is 64.1 Å². The van der Waals surface area contributed by atoms with Gasteiger partial charge in [0, 0.05) is 44.0 Å². The molecule has 0 amide bonds. The molecule has 30 heavy (non-hydrogen) atoms. The second-order valence-corrected chi connectivity index (χ2v) is 9.64. The second-order valence-electron chi connectivity index (χ2n) is 9.64. The minimum Gasteiger partial charge on any atom is -0.460 e. The van der Waals surface area contributed by atoms with Crippen molar-refractivity contribution in [2.45, 2.75) is 58.5 Å². The molecule has 1 saturated carbocycles. The number of esters is 1. The van der Waals surface area contributed by atoms with Crippen LogP contribution in [0, 0.1) is 22.0 Å². The third-order valence-corrected chi connectivity index (χ3v) is 6.24. The fraction of sp³-hybridized carbons (Fsp3) is 0.696. The molecule has 0 aromatic heterocycles. The van der Waals surface area contributed by atoms with Crippen molar-refractivity contribution >= 4 is 17.3 Å². The van der Waals surface area contributed by atoms with Gasteiger partial charge < -0.3 is 9.64 Å². The summed E-state index contributed by atoms with van der Waals surface area (Å²) in [5.74, 6) is 0.755. The van der Waals surface area contributed by atoms with Gasteiger partial charge in [0.15, 0.2) is 0 Å². The number of carbonyl (C=O) groups is 1. The molecule has 1 aromatic rings. The Morgan fingerprint density at radius 1 is 1.07 bits per heavy atom. The minimum absolute atomic E-state index is 0.0247. The van der Waals surface area contributed by atoms with Gasteiger partial charge in [-0.1, -0.05) is 0 Å². The summed E-state index contributed by atoms with van der Waals surface area (Å²) in [7, 11) is 0. The van der Waals surface area contributed by atoms with Crippen LogP contribution >= 0.6 is 0 Å². The number of carbonyl (C=O) groups excluding carboxylic acids is 1. The van der Waals surface area contributed by atoms with Crippen LogP contribution in [0.2, 0.25) is 0 Å². The smallest absolute Gasteiger partial charge is 0.309 e. The molecule has 0 unspecified atom stereocenters. The lowest BCUT2D eigenvalue weighted by molar-refractivity contribution is -0.384. The molecule has 1 aromatic carbocycles. The molecule has 7 nitrogen and oxygen atoms in total. The molecule has 0 spiro atoms. The van der Waals surface area contributed by atoms with E-state index in [9.17, 15) is 14.9 Å². The summed E-state index contributed by atoms with van der Waals surface area (Å²) in [5.41, 5.74) is 0.796. The molecule has 2 aliphatic rings. The van der Waals surface area contributed by atoms with Crippen LogP contribution in [0.4, 0.5) is 11.4 Å². The summed E-state index contributed by atoms with van der Waals surface area (Å²) < 4.78 is 5.55. The number of ether oxygens (including phenoxy) is 1. The third kappa shape index (κ3) is 6.42. The topological polar surface area (TPSA) is 75.9 Å². The van der Waals surface area contributed by atoms with E-state index in [4.69, 9.17) is 4.74 Å². The van der Waals surface area contributed by atoms with Gasteiger partial charge in [0.25, 0.3) is 5.69 Å². The zero-order chi connectivity index (χ0) is 21.7. The number of nitro groups is 1. The lowest BCUT2D eigenvalue weighted by Gasteiger charge is -2.37. The van der Waals surface area contributed by atoms with Crippen LogP contribution in [-0.2, 0) is 9.53 Å². The fourth-order valence-electron chi connectivity index (χ4n) is 4.45. The predicted molar refractivity (Wildman–Crippen MR) is 118 cm³/mol. The maximum absolute atomic E-state index is 12.3. The van der Waals surface area contributed by atoms with E-state index in [-0.39, 0.29) is 22.5 Å². The number of non-ortho nitro benzene ring substituents is 1. The van der Waals surface area contributed by atoms with Crippen molar-refractivity contribution in [3.05, 3.63) is 34.4 Å². The molecule has 7 heteroatoms. The van der Waals surface area contributed by atoms with Gasteiger partial charge in [-0.2, -0.15) is 0 Å². The lowest BCUT2D eigenvalue weighted by atomic mass is 9.80. The average molecular weight is 418 g/mol. The number of benzene rings is 1. The highest BCUT2D eigenvalue weighted by Crippen LogP contribution is 2.32. The number of rotatable bonds is 6. The number of piperazine rings is 1. The quantitative estimate of drug-likeness (QED) is 0.391. The summed E-state index contributed by atoms with van der Waals surface area (Å²) in [5, 5.41) is 10.8. The Kier molecular flexibility index (Phi) is 7.34. The molecule has 166 valence electrons. The van der Waals surface area contributed by atoms with Crippen LogP contribution in [0.1, 0.15) is 52.9 Å². The Morgan fingerprint density at radius 2 is 1.67 bits per heavy atom. The number of hydrogen-bond donors (Lipinski definition) is 0. The number of anilines is 1. The van der Waals surface area contributed by atoms with E-state index >= 15 is 0 Å². The Labute approximate surface area is 179 Å². The van der Waals surface area contributed by atoms with E-state index in [1.807, 2.05) is 32.9 Å². The van der Waals surface area contributed by atoms with Crippen molar-refractivity contribution in [2.24, 2.45) is 11.8 Å². The number of hydrogen-bond acceptors (Lipinski definition) is 6. The number of nitro benzene ring substituents is 1. The Hall–Kier alpha value is -2.15. The molecular formula is C23H35N3O4. The van der Waals surface area contributed by atoms with Gasteiger partial charge >= 0.3 is 5.97 Å². The lowest BCUT2D eigenvalue weighted by Crippen LogP contribution is -2.47. The van der Waals surface area contributed by atoms with Crippen LogP contribution in [0.25, 0.3) is 0 Å². The first-order valence-corrected chi connectivity index (χ1v) is 11.2. The Morgan fingerprint density at radius 3 is 2.20 bits per heavy atom. The van der Waals surface area contributed by atoms with Crippen molar-refractivity contribution in [1.82, 2.24) is 4.90 Å². The predicted octanol–water partition coefficient (Wildman–Crippen LogP) is 4.26. The molecule has 1 saturated heterocycles. The largest absolute Gasteiger partial charge is 0.460 e. The summed E-state index contributed by atoms with van der Waals surface area (Å²) in [6, 6.07) is 6.85. The Bertz CT molecular complexity index is 713. The van der Waals surface area contributed by atoms with Crippen LogP contribution < -0.4 is 4.90 Å². The SMILES string of the molecule is CC(C)(C)OC(=O)C1CCC(CCN2CCN(c3ccc([N+](=O)[O-])cc3)CC2)CC1. The summed E-state index contributed by atoms with van der Waals surface area (Å²) in [4.78, 5) is 27.5. The van der Waals surface area contributed by atoms with Crippen molar-refractivity contribution in [1.29, 1.82) is 0 Å². The van der Waals surface area contributed by atoms with Gasteiger partial charge in [0.2, 0.25) is 0 Å². The molecule has 0 N–H and O–H groups in total. The molecule has 0 radical (unpaired) electrons. The highest BCUT2D eigenvalue weighted by atomic mass is 16.6. The van der Waals surface area contributed by atoms with E-state index < -0.39 is 5.60 Å². The summed E-state index contributed by atoms with van der Waals surface area (Å²) in [6.45, 7) is 10.8. The van der Waals surface area contributed by atoms with Gasteiger partial charge in [-0.25, -0.2) is 0 Å². The van der Waals surface area contributed by atoms with Gasteiger partial charge in [0.1, 0.15) is 5.60 Å². The molecule has 1 heterocycles. The van der Waals surface area contributed by atoms with Crippen LogP contribution in [-0.4, -0.2) is 54.1 Å². The van der Waals surface area contributed by atoms with Crippen LogP contribution in [0.5, 0.6) is 0 Å². The molecule has 3 rings (SSSR count). The zero-order valence-corrected chi connectivity index (χ0v) is 18.5. The van der Waals surface area contributed by atoms with Gasteiger partial charge in [-0.3, -0.25) is 19.8 Å². The normalized spacial score (nSPS) is 23.2. The minimum atomic E-state index is -0.398. The molecule has 0 bridgehead atoms. The zero-order valence-electron chi connectivity index (χ0n) is 18.5.